The second kappa shape index (κ2) is 11.5. The van der Waals surface area contributed by atoms with Crippen LogP contribution in [0, 0.1) is 19.7 Å². The van der Waals surface area contributed by atoms with E-state index in [1.54, 1.807) is 12.1 Å². The highest BCUT2D eigenvalue weighted by molar-refractivity contribution is 7.45. The van der Waals surface area contributed by atoms with Crippen LogP contribution in [0.15, 0.2) is 18.2 Å². The number of H-pyrrole nitrogens is 1. The fourth-order valence-electron chi connectivity index (χ4n) is 3.66. The van der Waals surface area contributed by atoms with Crippen molar-refractivity contribution in [2.75, 3.05) is 31.5 Å². The SMILES string of the molecule is CCN(CC)CCNC(=O)c1c(C)[nH]c(C=C2C(=O)Nc3ccc(F)cc32)c1C.O=P(O)(O)O. The average Bonchev–Trinajstić information content (AvgIpc) is 3.19. The molecule has 0 radical (unpaired) electrons. The first kappa shape index (κ1) is 27.4. The maximum Gasteiger partial charge on any atom is 0.466 e. The fourth-order valence-corrected chi connectivity index (χ4v) is 3.66. The lowest BCUT2D eigenvalue weighted by Gasteiger charge is -2.18. The van der Waals surface area contributed by atoms with Crippen LogP contribution >= 0.6 is 7.82 Å². The summed E-state index contributed by atoms with van der Waals surface area (Å²) in [6, 6.07) is 4.20. The topological polar surface area (TPSA) is 155 Å². The number of likely N-dealkylation sites (N-methyl/N-ethyl adjacent to an activating group) is 1. The quantitative estimate of drug-likeness (QED) is 0.254. The van der Waals surface area contributed by atoms with Crippen molar-refractivity contribution in [3.63, 3.8) is 0 Å². The van der Waals surface area contributed by atoms with Gasteiger partial charge in [-0.1, -0.05) is 13.8 Å². The number of amides is 2. The number of hydrogen-bond donors (Lipinski definition) is 6. The molecule has 1 aliphatic rings. The van der Waals surface area contributed by atoms with Gasteiger partial charge in [0, 0.05) is 35.7 Å². The molecule has 0 atom stereocenters. The molecule has 186 valence electrons. The highest BCUT2D eigenvalue weighted by Gasteiger charge is 2.26. The van der Waals surface area contributed by atoms with Gasteiger partial charge in [-0.3, -0.25) is 9.59 Å². The molecule has 0 aliphatic carbocycles. The highest BCUT2D eigenvalue weighted by Crippen LogP contribution is 2.34. The van der Waals surface area contributed by atoms with Crippen LogP contribution in [0.1, 0.15) is 46.7 Å². The molecule has 6 N–H and O–H groups in total. The van der Waals surface area contributed by atoms with E-state index < -0.39 is 13.6 Å². The van der Waals surface area contributed by atoms with Gasteiger partial charge in [-0.15, -0.1) is 0 Å². The minimum absolute atomic E-state index is 0.143. The number of benzene rings is 1. The molecular weight excluding hydrogens is 466 g/mol. The lowest BCUT2D eigenvalue weighted by Crippen LogP contribution is -2.35. The lowest BCUT2D eigenvalue weighted by atomic mass is 10.0. The molecule has 1 aliphatic heterocycles. The van der Waals surface area contributed by atoms with Crippen molar-refractivity contribution in [1.82, 2.24) is 15.2 Å². The first-order valence-electron chi connectivity index (χ1n) is 10.7. The Morgan fingerprint density at radius 3 is 2.41 bits per heavy atom. The van der Waals surface area contributed by atoms with Crippen LogP contribution in [-0.2, 0) is 9.36 Å². The summed E-state index contributed by atoms with van der Waals surface area (Å²) in [5.74, 6) is -0.836. The number of rotatable bonds is 7. The van der Waals surface area contributed by atoms with Gasteiger partial charge in [0.1, 0.15) is 5.82 Å². The number of aromatic amines is 1. The number of nitrogens with one attached hydrogen (secondary N) is 3. The fraction of sp³-hybridized carbons (Fsp3) is 0.364. The van der Waals surface area contributed by atoms with E-state index in [4.69, 9.17) is 19.2 Å². The number of carbonyl (C=O) groups is 2. The van der Waals surface area contributed by atoms with Gasteiger partial charge in [0.25, 0.3) is 11.8 Å². The average molecular weight is 496 g/mol. The van der Waals surface area contributed by atoms with Crippen molar-refractivity contribution < 1.29 is 33.2 Å². The number of aromatic nitrogens is 1. The standard InChI is InChI=1S/C22H27FN4O2.H3O4P/c1-5-27(6-2)10-9-24-22(29)20-13(3)19(25-14(20)4)12-17-16-11-15(23)7-8-18(16)26-21(17)28;1-5(2,3)4/h7-8,11-12,25H,5-6,9-10H2,1-4H3,(H,24,29)(H,26,28);(H3,1,2,3,4). The Kier molecular flexibility index (Phi) is 9.31. The Bertz CT molecular complexity index is 1130. The second-order valence-corrected chi connectivity index (χ2v) is 8.69. The summed E-state index contributed by atoms with van der Waals surface area (Å²) in [7, 11) is -4.64. The number of phosphoric acid groups is 1. The number of aryl methyl sites for hydroxylation is 1. The number of hydrogen-bond acceptors (Lipinski definition) is 4. The molecule has 10 nitrogen and oxygen atoms in total. The number of anilines is 1. The summed E-state index contributed by atoms with van der Waals surface area (Å²) in [5, 5.41) is 5.70. The number of carbonyl (C=O) groups excluding carboxylic acids is 2. The smallest absolute Gasteiger partial charge is 0.358 e. The summed E-state index contributed by atoms with van der Waals surface area (Å²) in [4.78, 5) is 52.0. The van der Waals surface area contributed by atoms with Crippen molar-refractivity contribution in [2.24, 2.45) is 0 Å². The maximum atomic E-state index is 13.7. The van der Waals surface area contributed by atoms with Gasteiger partial charge in [0.15, 0.2) is 0 Å². The van der Waals surface area contributed by atoms with E-state index in [2.05, 4.69) is 34.4 Å². The third-order valence-electron chi connectivity index (χ3n) is 5.36. The molecule has 1 aromatic heterocycles. The van der Waals surface area contributed by atoms with Gasteiger partial charge in [0.2, 0.25) is 0 Å². The van der Waals surface area contributed by atoms with Crippen LogP contribution in [0.3, 0.4) is 0 Å². The molecule has 0 bridgehead atoms. The van der Waals surface area contributed by atoms with Crippen LogP contribution in [0.4, 0.5) is 10.1 Å². The Balaban J connectivity index is 0.000000739. The zero-order valence-electron chi connectivity index (χ0n) is 19.5. The molecule has 3 rings (SSSR count). The van der Waals surface area contributed by atoms with Crippen LogP contribution in [0.2, 0.25) is 0 Å². The number of nitrogens with zero attached hydrogens (tertiary/aromatic N) is 1. The first-order chi connectivity index (χ1) is 15.8. The highest BCUT2D eigenvalue weighted by atomic mass is 31.2. The van der Waals surface area contributed by atoms with Crippen LogP contribution in [0.25, 0.3) is 11.6 Å². The predicted molar refractivity (Wildman–Crippen MR) is 128 cm³/mol. The molecule has 2 amide bonds. The summed E-state index contributed by atoms with van der Waals surface area (Å²) in [6.45, 7) is 11.1. The predicted octanol–water partition coefficient (Wildman–Crippen LogP) is 2.41. The lowest BCUT2D eigenvalue weighted by molar-refractivity contribution is -0.110. The zero-order chi connectivity index (χ0) is 25.6. The van der Waals surface area contributed by atoms with Gasteiger partial charge < -0.3 is 35.2 Å². The molecule has 1 aromatic carbocycles. The summed E-state index contributed by atoms with van der Waals surface area (Å²) >= 11 is 0. The Morgan fingerprint density at radius 2 is 1.82 bits per heavy atom. The molecule has 0 unspecified atom stereocenters. The Morgan fingerprint density at radius 1 is 1.21 bits per heavy atom. The molecule has 0 saturated heterocycles. The van der Waals surface area contributed by atoms with Crippen molar-refractivity contribution >= 4 is 37.0 Å². The van der Waals surface area contributed by atoms with E-state index in [0.717, 1.165) is 30.9 Å². The number of fused-ring (bicyclic) bond motifs is 1. The van der Waals surface area contributed by atoms with E-state index in [0.29, 0.717) is 34.6 Å². The van der Waals surface area contributed by atoms with E-state index in [1.807, 2.05) is 13.8 Å². The maximum absolute atomic E-state index is 13.7. The van der Waals surface area contributed by atoms with Crippen LogP contribution < -0.4 is 10.6 Å². The third-order valence-corrected chi connectivity index (χ3v) is 5.36. The second-order valence-electron chi connectivity index (χ2n) is 7.66. The Hall–Kier alpha value is -2.82. The normalized spacial score (nSPS) is 14.0. The van der Waals surface area contributed by atoms with E-state index in [9.17, 15) is 14.0 Å². The third kappa shape index (κ3) is 7.34. The summed E-state index contributed by atoms with van der Waals surface area (Å²) in [5.41, 5.74) is 4.20. The van der Waals surface area contributed by atoms with Crippen LogP contribution in [-0.4, -0.2) is 62.6 Å². The first-order valence-corrected chi connectivity index (χ1v) is 12.2. The summed E-state index contributed by atoms with van der Waals surface area (Å²) in [6.07, 6.45) is 1.68. The van der Waals surface area contributed by atoms with E-state index >= 15 is 0 Å². The van der Waals surface area contributed by atoms with Gasteiger partial charge in [-0.2, -0.15) is 0 Å². The van der Waals surface area contributed by atoms with Gasteiger partial charge >= 0.3 is 7.82 Å². The molecule has 0 spiro atoms. The monoisotopic (exact) mass is 496 g/mol. The van der Waals surface area contributed by atoms with Crippen molar-refractivity contribution in [1.29, 1.82) is 0 Å². The van der Waals surface area contributed by atoms with Crippen molar-refractivity contribution in [3.8, 4) is 0 Å². The minimum atomic E-state index is -4.64. The van der Waals surface area contributed by atoms with Gasteiger partial charge in [-0.05, 0) is 56.8 Å². The largest absolute Gasteiger partial charge is 0.466 e. The van der Waals surface area contributed by atoms with Crippen LogP contribution in [0.5, 0.6) is 0 Å². The molecule has 0 saturated carbocycles. The van der Waals surface area contributed by atoms with E-state index in [-0.39, 0.29) is 11.8 Å². The minimum Gasteiger partial charge on any atom is -0.358 e. The van der Waals surface area contributed by atoms with Gasteiger partial charge in [0.05, 0.1) is 11.1 Å². The molecule has 0 fully saturated rings. The Labute approximate surface area is 197 Å². The number of halogens is 1. The van der Waals surface area contributed by atoms with E-state index in [1.165, 1.54) is 12.1 Å². The molecule has 34 heavy (non-hydrogen) atoms. The van der Waals surface area contributed by atoms with Crippen molar-refractivity contribution in [3.05, 3.63) is 52.1 Å². The summed E-state index contributed by atoms with van der Waals surface area (Å²) < 4.78 is 22.5. The zero-order valence-corrected chi connectivity index (χ0v) is 20.4. The molecule has 2 heterocycles. The van der Waals surface area contributed by atoms with Crippen molar-refractivity contribution in [2.45, 2.75) is 27.7 Å². The molecule has 2 aromatic rings. The van der Waals surface area contributed by atoms with Gasteiger partial charge in [-0.25, -0.2) is 8.96 Å². The molecular formula is C22H30FN4O6P. The molecule has 12 heteroatoms.